The van der Waals surface area contributed by atoms with Crippen molar-refractivity contribution >= 4 is 133 Å². The molecule has 0 atom stereocenters. The van der Waals surface area contributed by atoms with Gasteiger partial charge in [0.2, 0.25) is 5.56 Å². The first kappa shape index (κ1) is 32.0. The molecule has 0 aliphatic carbocycles. The van der Waals surface area contributed by atoms with Crippen molar-refractivity contribution in [2.24, 2.45) is 0 Å². The number of benzene rings is 3. The Kier molecular flexibility index (Phi) is 11.0. The van der Waals surface area contributed by atoms with E-state index in [1.54, 1.807) is 12.1 Å². The molecule has 0 fully saturated rings. The third-order valence-corrected chi connectivity index (χ3v) is 9.74. The van der Waals surface area contributed by atoms with Gasteiger partial charge in [-0.2, -0.15) is 0 Å². The van der Waals surface area contributed by atoms with Gasteiger partial charge in [-0.3, -0.25) is 4.79 Å². The Morgan fingerprint density at radius 2 is 1.07 bits per heavy atom. The summed E-state index contributed by atoms with van der Waals surface area (Å²) in [6.07, 6.45) is 0. The van der Waals surface area contributed by atoms with Crippen molar-refractivity contribution in [1.82, 2.24) is 15.0 Å². The van der Waals surface area contributed by atoms with Crippen LogP contribution in [0.2, 0.25) is 20.2 Å². The lowest BCUT2D eigenvalue weighted by atomic mass is 10.2. The van der Waals surface area contributed by atoms with E-state index in [9.17, 15) is 4.79 Å². The van der Waals surface area contributed by atoms with E-state index in [-0.39, 0.29) is 5.56 Å². The van der Waals surface area contributed by atoms with Crippen LogP contribution in [-0.2, 0) is 0 Å². The molecule has 3 aromatic heterocycles. The predicted molar refractivity (Wildman–Crippen MR) is 186 cm³/mol. The lowest BCUT2D eigenvalue weighted by Gasteiger charge is -2.12. The number of aromatic amines is 1. The van der Waals surface area contributed by atoms with Crippen molar-refractivity contribution in [2.45, 2.75) is 0 Å². The first-order valence-electron chi connectivity index (χ1n) is 11.8. The topological polar surface area (TPSA) is 61.9 Å². The summed E-state index contributed by atoms with van der Waals surface area (Å²) in [5, 5.41) is 5.21. The maximum absolute atomic E-state index is 11.0. The van der Waals surface area contributed by atoms with Crippen molar-refractivity contribution in [3.63, 3.8) is 0 Å². The van der Waals surface area contributed by atoms with Crippen LogP contribution in [-0.4, -0.2) is 29.0 Å². The number of pyridine rings is 3. The number of nitrogens with one attached hydrogen (secondary N) is 1. The van der Waals surface area contributed by atoms with Crippen molar-refractivity contribution in [3.8, 4) is 0 Å². The van der Waals surface area contributed by atoms with Gasteiger partial charge < -0.3 is 9.88 Å². The van der Waals surface area contributed by atoms with E-state index in [0.717, 1.165) is 46.4 Å². The van der Waals surface area contributed by atoms with Gasteiger partial charge in [0.15, 0.2) is 0 Å². The van der Waals surface area contributed by atoms with Gasteiger partial charge in [0.05, 0.1) is 31.6 Å². The number of rotatable bonds is 1. The van der Waals surface area contributed by atoms with Gasteiger partial charge in [-0.25, -0.2) is 9.97 Å². The van der Waals surface area contributed by atoms with Crippen LogP contribution in [0, 0.1) is 0 Å². The van der Waals surface area contributed by atoms with Crippen molar-refractivity contribution < 1.29 is 0 Å². The highest BCUT2D eigenvalue weighted by Crippen LogP contribution is 2.32. The molecule has 0 saturated carbocycles. The van der Waals surface area contributed by atoms with E-state index in [1.165, 1.54) is 6.07 Å². The van der Waals surface area contributed by atoms with Crippen molar-refractivity contribution in [3.05, 3.63) is 117 Å². The van der Waals surface area contributed by atoms with Gasteiger partial charge in [-0.15, -0.1) is 0 Å². The van der Waals surface area contributed by atoms with Crippen molar-refractivity contribution in [2.75, 3.05) is 19.0 Å². The Morgan fingerprint density at radius 1 is 0.610 bits per heavy atom. The Morgan fingerprint density at radius 3 is 1.66 bits per heavy atom. The molecule has 3 aromatic carbocycles. The van der Waals surface area contributed by atoms with E-state index in [0.29, 0.717) is 25.7 Å². The summed E-state index contributed by atoms with van der Waals surface area (Å²) in [4.78, 5) is 24.3. The highest BCUT2D eigenvalue weighted by atomic mass is 79.9. The third kappa shape index (κ3) is 7.73. The Hall–Kier alpha value is -1.91. The number of fused-ring (bicyclic) bond motifs is 3. The number of anilines is 1. The molecular weight excluding hydrogens is 802 g/mol. The molecule has 6 rings (SSSR count). The molecule has 12 heteroatoms. The van der Waals surface area contributed by atoms with Gasteiger partial charge >= 0.3 is 0 Å². The van der Waals surface area contributed by atoms with Gasteiger partial charge in [0.25, 0.3) is 0 Å². The van der Waals surface area contributed by atoms with Crippen LogP contribution in [0.5, 0.6) is 0 Å². The van der Waals surface area contributed by atoms with Crippen LogP contribution in [0.1, 0.15) is 0 Å². The number of hydrogen-bond acceptors (Lipinski definition) is 4. The first-order chi connectivity index (χ1) is 19.5. The summed E-state index contributed by atoms with van der Waals surface area (Å²) in [5.74, 6) is 0.905. The van der Waals surface area contributed by atoms with Crippen LogP contribution in [0.15, 0.2) is 91.0 Å². The molecule has 0 aliphatic heterocycles. The Balaban J connectivity index is 0.000000142. The predicted octanol–water partition coefficient (Wildman–Crippen LogP) is 11.0. The standard InChI is InChI=1S/C11H10BrClN2.C9H4BrCl2N.C9H5BrClNO/c1-15(2)9-6-4-7-3-5-8(12)10(13)11(7)14-9;10-6-3-1-5-2-4-7(11)13-9(5)8(6)12;10-6-3-1-5-2-4-7(13)12-9(5)8(6)11/h3-6H,1-2H3;1-4H;1-4H,(H,12,13). The molecule has 0 bridgehead atoms. The summed E-state index contributed by atoms with van der Waals surface area (Å²) in [6, 6.07) is 22.4. The number of H-pyrrole nitrogens is 1. The van der Waals surface area contributed by atoms with Crippen LogP contribution < -0.4 is 10.5 Å². The zero-order valence-electron chi connectivity index (χ0n) is 21.3. The normalized spacial score (nSPS) is 10.7. The molecule has 0 unspecified atom stereocenters. The van der Waals surface area contributed by atoms with E-state index < -0.39 is 0 Å². The number of hydrogen-bond donors (Lipinski definition) is 1. The minimum atomic E-state index is -0.146. The molecule has 0 saturated heterocycles. The smallest absolute Gasteiger partial charge is 0.248 e. The largest absolute Gasteiger partial charge is 0.363 e. The van der Waals surface area contributed by atoms with E-state index >= 15 is 0 Å². The number of nitrogens with zero attached hydrogens (tertiary/aromatic N) is 3. The zero-order valence-corrected chi connectivity index (χ0v) is 29.1. The molecule has 3 heterocycles. The van der Waals surface area contributed by atoms with Gasteiger partial charge in [0.1, 0.15) is 11.0 Å². The molecule has 0 amide bonds. The summed E-state index contributed by atoms with van der Waals surface area (Å²) in [7, 11) is 3.92. The Labute approximate surface area is 281 Å². The maximum Gasteiger partial charge on any atom is 0.248 e. The second kappa shape index (κ2) is 14.0. The van der Waals surface area contributed by atoms with E-state index in [4.69, 9.17) is 46.4 Å². The molecular formula is C29H19Br3Cl4N4O. The minimum absolute atomic E-state index is 0.146. The monoisotopic (exact) mass is 816 g/mol. The highest BCUT2D eigenvalue weighted by molar-refractivity contribution is 9.11. The average Bonchev–Trinajstić information content (AvgIpc) is 2.96. The highest BCUT2D eigenvalue weighted by Gasteiger charge is 2.07. The van der Waals surface area contributed by atoms with E-state index in [2.05, 4.69) is 62.7 Å². The summed E-state index contributed by atoms with van der Waals surface area (Å²) in [5.41, 5.74) is 2.08. The number of aromatic nitrogens is 3. The average molecular weight is 821 g/mol. The van der Waals surface area contributed by atoms with Crippen LogP contribution in [0.25, 0.3) is 32.7 Å². The molecule has 1 N–H and O–H groups in total. The maximum atomic E-state index is 11.0. The SMILES string of the molecule is CN(C)c1ccc2ccc(Br)c(Cl)c2n1.Clc1ccc2ccc(Br)c(Cl)c2n1.O=c1ccc2ccc(Br)c(Cl)c2[nH]1. The molecule has 210 valence electrons. The lowest BCUT2D eigenvalue weighted by Crippen LogP contribution is -2.10. The fourth-order valence-electron chi connectivity index (χ4n) is 3.64. The van der Waals surface area contributed by atoms with Crippen LogP contribution in [0.4, 0.5) is 5.82 Å². The molecule has 5 nitrogen and oxygen atoms in total. The second-order valence-electron chi connectivity index (χ2n) is 8.71. The Bertz CT molecular complexity index is 1950. The molecule has 0 spiro atoms. The zero-order chi connectivity index (χ0) is 29.8. The van der Waals surface area contributed by atoms with Gasteiger partial charge in [-0.05, 0) is 102 Å². The summed E-state index contributed by atoms with van der Waals surface area (Å²) in [6.45, 7) is 0. The van der Waals surface area contributed by atoms with Gasteiger partial charge in [-0.1, -0.05) is 64.6 Å². The quantitative estimate of drug-likeness (QED) is 0.168. The molecule has 6 aromatic rings. The van der Waals surface area contributed by atoms with Crippen molar-refractivity contribution in [1.29, 1.82) is 0 Å². The first-order valence-corrected chi connectivity index (χ1v) is 15.6. The van der Waals surface area contributed by atoms with Crippen LogP contribution in [0.3, 0.4) is 0 Å². The fourth-order valence-corrected chi connectivity index (χ4v) is 5.40. The van der Waals surface area contributed by atoms with E-state index in [1.807, 2.05) is 73.6 Å². The van der Waals surface area contributed by atoms with Crippen LogP contribution >= 0.6 is 94.2 Å². The molecule has 0 radical (unpaired) electrons. The number of halogens is 7. The van der Waals surface area contributed by atoms with Gasteiger partial charge in [0, 0.05) is 44.4 Å². The summed E-state index contributed by atoms with van der Waals surface area (Å²) >= 11 is 33.9. The third-order valence-electron chi connectivity index (χ3n) is 5.71. The second-order valence-corrected chi connectivity index (χ2v) is 12.8. The fraction of sp³-hybridized carbons (Fsp3) is 0.0690. The minimum Gasteiger partial charge on any atom is -0.363 e. The molecule has 0 aliphatic rings. The molecule has 41 heavy (non-hydrogen) atoms. The lowest BCUT2D eigenvalue weighted by molar-refractivity contribution is 1.08. The summed E-state index contributed by atoms with van der Waals surface area (Å²) < 4.78 is 2.49.